The number of hydrogen-bond donors (Lipinski definition) is 4. The van der Waals surface area contributed by atoms with E-state index in [-0.39, 0.29) is 17.2 Å². The Morgan fingerprint density at radius 1 is 1.21 bits per heavy atom. The fraction of sp³-hybridized carbons (Fsp3) is 0.500. The molecular formula is C24H32N3O6P. The Labute approximate surface area is 198 Å². The van der Waals surface area contributed by atoms with Crippen molar-refractivity contribution in [1.29, 1.82) is 0 Å². The summed E-state index contributed by atoms with van der Waals surface area (Å²) in [6.07, 6.45) is 5.03. The second-order valence-corrected chi connectivity index (χ2v) is 11.4. The maximum absolute atomic E-state index is 12.8. The average molecular weight is 490 g/mol. The number of anilines is 1. The van der Waals surface area contributed by atoms with Crippen LogP contribution in [-0.2, 0) is 15.5 Å². The molecule has 0 spiro atoms. The van der Waals surface area contributed by atoms with Crippen molar-refractivity contribution in [2.24, 2.45) is 11.1 Å². The molecule has 1 aromatic heterocycles. The third kappa shape index (κ3) is 5.28. The van der Waals surface area contributed by atoms with Crippen LogP contribution < -0.4 is 11.1 Å². The van der Waals surface area contributed by atoms with Crippen molar-refractivity contribution in [3.63, 3.8) is 0 Å². The fourth-order valence-electron chi connectivity index (χ4n) is 5.25. The summed E-state index contributed by atoms with van der Waals surface area (Å²) in [6, 6.07) is 5.41. The standard InChI is InChI=1S/C24H32N3O6P/c1-14-13-27(20-11-24(2,3)12-21(28)22(14)20)16-6-9-18(23(25)29)19(10-16)26-15-4-7-17(8-5-15)33-34(30,31)32/h6,9-10,13,15,17,26H,4-5,7-8,11-12H2,1-3H3,(H2,25,29)(H2,30,31,32). The second-order valence-electron chi connectivity index (χ2n) is 10.3. The van der Waals surface area contributed by atoms with E-state index in [4.69, 9.17) is 20.0 Å². The zero-order valence-corrected chi connectivity index (χ0v) is 20.6. The van der Waals surface area contributed by atoms with Crippen LogP contribution in [0.2, 0.25) is 0 Å². The number of aromatic nitrogens is 1. The second kappa shape index (κ2) is 8.96. The monoisotopic (exact) mass is 489 g/mol. The van der Waals surface area contributed by atoms with Crippen LogP contribution in [0.4, 0.5) is 5.69 Å². The molecule has 0 saturated heterocycles. The molecule has 0 radical (unpaired) electrons. The van der Waals surface area contributed by atoms with Crippen LogP contribution in [0.25, 0.3) is 5.69 Å². The van der Waals surface area contributed by atoms with Crippen LogP contribution in [0.5, 0.6) is 0 Å². The van der Waals surface area contributed by atoms with Gasteiger partial charge in [0.05, 0.1) is 11.7 Å². The summed E-state index contributed by atoms with van der Waals surface area (Å²) in [4.78, 5) is 43.0. The van der Waals surface area contributed by atoms with Gasteiger partial charge >= 0.3 is 7.82 Å². The van der Waals surface area contributed by atoms with E-state index in [1.165, 1.54) is 0 Å². The number of carbonyl (C=O) groups is 2. The Morgan fingerprint density at radius 3 is 2.50 bits per heavy atom. The highest BCUT2D eigenvalue weighted by Gasteiger charge is 2.35. The largest absolute Gasteiger partial charge is 0.469 e. The van der Waals surface area contributed by atoms with Crippen LogP contribution in [0, 0.1) is 12.3 Å². The van der Waals surface area contributed by atoms with E-state index in [9.17, 15) is 14.2 Å². The van der Waals surface area contributed by atoms with E-state index < -0.39 is 19.8 Å². The van der Waals surface area contributed by atoms with Crippen molar-refractivity contribution >= 4 is 25.2 Å². The predicted molar refractivity (Wildman–Crippen MR) is 128 cm³/mol. The minimum atomic E-state index is -4.51. The topological polar surface area (TPSA) is 144 Å². The zero-order chi connectivity index (χ0) is 24.8. The van der Waals surface area contributed by atoms with E-state index in [1.807, 2.05) is 29.8 Å². The first kappa shape index (κ1) is 24.7. The van der Waals surface area contributed by atoms with Gasteiger partial charge in [0.1, 0.15) is 0 Å². The summed E-state index contributed by atoms with van der Waals surface area (Å²) in [7, 11) is -4.51. The lowest BCUT2D eigenvalue weighted by atomic mass is 9.75. The van der Waals surface area contributed by atoms with Crippen LogP contribution in [0.3, 0.4) is 0 Å². The molecule has 10 heteroatoms. The SMILES string of the molecule is Cc1cn(-c2ccc(C(N)=O)c(NC3CCC(OP(=O)(O)O)CC3)c2)c2c1C(=O)CC(C)(C)C2. The van der Waals surface area contributed by atoms with E-state index in [0.29, 0.717) is 43.4 Å². The number of ketones is 1. The van der Waals surface area contributed by atoms with Gasteiger partial charge in [-0.1, -0.05) is 13.8 Å². The van der Waals surface area contributed by atoms with Gasteiger partial charge in [-0.05, 0) is 68.2 Å². The number of phosphoric ester groups is 1. The molecule has 1 aromatic carbocycles. The number of nitrogens with zero attached hydrogens (tertiary/aromatic N) is 1. The quantitative estimate of drug-likeness (QED) is 0.451. The lowest BCUT2D eigenvalue weighted by Gasteiger charge is -2.31. The number of amides is 1. The van der Waals surface area contributed by atoms with E-state index in [2.05, 4.69) is 19.2 Å². The molecule has 4 rings (SSSR count). The molecule has 2 aromatic rings. The molecule has 184 valence electrons. The number of carbonyl (C=O) groups excluding carboxylic acids is 2. The van der Waals surface area contributed by atoms with Gasteiger partial charge in [0.15, 0.2) is 5.78 Å². The highest BCUT2D eigenvalue weighted by Crippen LogP contribution is 2.42. The molecule has 1 saturated carbocycles. The predicted octanol–water partition coefficient (Wildman–Crippen LogP) is 3.87. The first-order valence-electron chi connectivity index (χ1n) is 11.5. The minimum absolute atomic E-state index is 0.00537. The molecule has 1 fully saturated rings. The molecule has 0 unspecified atom stereocenters. The molecule has 0 bridgehead atoms. The zero-order valence-electron chi connectivity index (χ0n) is 19.7. The first-order chi connectivity index (χ1) is 15.8. The summed E-state index contributed by atoms with van der Waals surface area (Å²) >= 11 is 0. The molecule has 2 aliphatic rings. The van der Waals surface area contributed by atoms with Gasteiger partial charge in [-0.15, -0.1) is 0 Å². The summed E-state index contributed by atoms with van der Waals surface area (Å²) < 4.78 is 18.0. The van der Waals surface area contributed by atoms with Crippen molar-refractivity contribution in [3.05, 3.63) is 46.8 Å². The van der Waals surface area contributed by atoms with Crippen molar-refractivity contribution in [2.45, 2.75) is 71.4 Å². The van der Waals surface area contributed by atoms with Gasteiger partial charge in [-0.2, -0.15) is 0 Å². The van der Waals surface area contributed by atoms with Crippen molar-refractivity contribution in [1.82, 2.24) is 4.57 Å². The molecule has 0 atom stereocenters. The van der Waals surface area contributed by atoms with Crippen molar-refractivity contribution in [2.75, 3.05) is 5.32 Å². The Morgan fingerprint density at radius 2 is 1.88 bits per heavy atom. The Hall–Kier alpha value is -2.45. The van der Waals surface area contributed by atoms with E-state index in [1.54, 1.807) is 6.07 Å². The molecule has 5 N–H and O–H groups in total. The first-order valence-corrected chi connectivity index (χ1v) is 13.0. The number of nitrogens with two attached hydrogens (primary N) is 1. The molecule has 0 aliphatic heterocycles. The average Bonchev–Trinajstić information content (AvgIpc) is 3.03. The number of hydrogen-bond acceptors (Lipinski definition) is 5. The normalized spacial score (nSPS) is 22.3. The van der Waals surface area contributed by atoms with Gasteiger partial charge in [0.25, 0.3) is 5.91 Å². The molecule has 1 amide bonds. The Bertz CT molecular complexity index is 1170. The van der Waals surface area contributed by atoms with Crippen molar-refractivity contribution < 1.29 is 28.5 Å². The lowest BCUT2D eigenvalue weighted by Crippen LogP contribution is -2.30. The fourth-order valence-corrected chi connectivity index (χ4v) is 5.85. The minimum Gasteiger partial charge on any atom is -0.382 e. The van der Waals surface area contributed by atoms with Gasteiger partial charge in [0, 0.05) is 41.3 Å². The third-order valence-corrected chi connectivity index (χ3v) is 7.30. The number of Topliss-reactive ketones (excluding diaryl/α,β-unsaturated/α-hetero) is 1. The summed E-state index contributed by atoms with van der Waals surface area (Å²) in [5, 5.41) is 3.41. The van der Waals surface area contributed by atoms with Crippen LogP contribution in [0.1, 0.15) is 77.9 Å². The highest BCUT2D eigenvalue weighted by molar-refractivity contribution is 7.46. The number of rotatable bonds is 6. The molecule has 1 heterocycles. The third-order valence-electron chi connectivity index (χ3n) is 6.73. The van der Waals surface area contributed by atoms with Crippen LogP contribution in [0.15, 0.2) is 24.4 Å². The van der Waals surface area contributed by atoms with Crippen LogP contribution >= 0.6 is 7.82 Å². The lowest BCUT2D eigenvalue weighted by molar-refractivity contribution is 0.0908. The van der Waals surface area contributed by atoms with Gasteiger partial charge in [0.2, 0.25) is 0 Å². The Balaban J connectivity index is 1.61. The number of benzene rings is 1. The molecule has 2 aliphatic carbocycles. The van der Waals surface area contributed by atoms with Crippen LogP contribution in [-0.4, -0.2) is 38.2 Å². The highest BCUT2D eigenvalue weighted by atomic mass is 31.2. The summed E-state index contributed by atoms with van der Waals surface area (Å²) in [5.41, 5.74) is 10.0. The van der Waals surface area contributed by atoms with Crippen molar-refractivity contribution in [3.8, 4) is 5.69 Å². The van der Waals surface area contributed by atoms with Gasteiger partial charge < -0.3 is 25.4 Å². The molecule has 9 nitrogen and oxygen atoms in total. The van der Waals surface area contributed by atoms with E-state index >= 15 is 0 Å². The number of primary amides is 1. The summed E-state index contributed by atoms with van der Waals surface area (Å²) in [6.45, 7) is 6.13. The number of phosphoric acid groups is 1. The molecular weight excluding hydrogens is 457 g/mol. The maximum atomic E-state index is 12.8. The molecule has 34 heavy (non-hydrogen) atoms. The maximum Gasteiger partial charge on any atom is 0.469 e. The summed E-state index contributed by atoms with van der Waals surface area (Å²) in [5.74, 6) is -0.390. The smallest absolute Gasteiger partial charge is 0.382 e. The Kier molecular flexibility index (Phi) is 6.50. The van der Waals surface area contributed by atoms with Gasteiger partial charge in [-0.25, -0.2) is 4.57 Å². The number of nitrogens with one attached hydrogen (secondary N) is 1. The van der Waals surface area contributed by atoms with Gasteiger partial charge in [-0.3, -0.25) is 14.1 Å². The number of fused-ring (bicyclic) bond motifs is 1. The van der Waals surface area contributed by atoms with E-state index in [0.717, 1.165) is 28.9 Å². The number of aryl methyl sites for hydroxylation is 1.